The molecule has 3 aromatic rings. The van der Waals surface area contributed by atoms with Crippen molar-refractivity contribution < 1.29 is 4.79 Å². The summed E-state index contributed by atoms with van der Waals surface area (Å²) in [5, 5.41) is 2.95. The molecule has 2 aromatic carbocycles. The number of rotatable bonds is 4. The van der Waals surface area contributed by atoms with Crippen LogP contribution in [0.2, 0.25) is 0 Å². The Kier molecular flexibility index (Phi) is 5.03. The first-order valence-electron chi connectivity index (χ1n) is 9.98. The maximum absolute atomic E-state index is 11.2. The van der Waals surface area contributed by atoms with Crippen LogP contribution in [0, 0.1) is 19.8 Å². The van der Waals surface area contributed by atoms with E-state index in [1.165, 1.54) is 27.8 Å². The van der Waals surface area contributed by atoms with Crippen LogP contribution >= 0.6 is 0 Å². The van der Waals surface area contributed by atoms with Crippen LogP contribution in [0.5, 0.6) is 0 Å². The SMILES string of the molecule is CC(=O)NCC1CCc2nc(-c3ccc(-c4ccc(C)cc4)cc3C)cn2C1. The molecule has 0 bridgehead atoms. The minimum Gasteiger partial charge on any atom is -0.356 e. The van der Waals surface area contributed by atoms with E-state index < -0.39 is 0 Å². The van der Waals surface area contributed by atoms with Crippen LogP contribution in [0.3, 0.4) is 0 Å². The minimum absolute atomic E-state index is 0.0430. The van der Waals surface area contributed by atoms with Crippen LogP contribution in [0.4, 0.5) is 0 Å². The first kappa shape index (κ1) is 18.5. The molecule has 2 heterocycles. The lowest BCUT2D eigenvalue weighted by Gasteiger charge is -2.23. The van der Waals surface area contributed by atoms with Crippen molar-refractivity contribution in [2.45, 2.75) is 40.2 Å². The average molecular weight is 374 g/mol. The quantitative estimate of drug-likeness (QED) is 0.730. The van der Waals surface area contributed by atoms with Gasteiger partial charge in [-0.3, -0.25) is 4.79 Å². The van der Waals surface area contributed by atoms with E-state index in [9.17, 15) is 4.79 Å². The number of amides is 1. The Bertz CT molecular complexity index is 1000. The Hall–Kier alpha value is -2.88. The highest BCUT2D eigenvalue weighted by atomic mass is 16.1. The first-order valence-corrected chi connectivity index (χ1v) is 9.98. The van der Waals surface area contributed by atoms with E-state index in [4.69, 9.17) is 4.98 Å². The first-order chi connectivity index (χ1) is 13.5. The van der Waals surface area contributed by atoms with Crippen molar-refractivity contribution in [3.63, 3.8) is 0 Å². The van der Waals surface area contributed by atoms with Crippen molar-refractivity contribution >= 4 is 5.91 Å². The summed E-state index contributed by atoms with van der Waals surface area (Å²) in [5.74, 6) is 1.67. The Morgan fingerprint density at radius 3 is 2.61 bits per heavy atom. The second kappa shape index (κ2) is 7.63. The molecular formula is C24H27N3O. The van der Waals surface area contributed by atoms with Crippen molar-refractivity contribution in [1.82, 2.24) is 14.9 Å². The predicted molar refractivity (Wildman–Crippen MR) is 113 cm³/mol. The lowest BCUT2D eigenvalue weighted by molar-refractivity contribution is -0.119. The molecule has 1 N–H and O–H groups in total. The number of aryl methyl sites for hydroxylation is 3. The summed E-state index contributed by atoms with van der Waals surface area (Å²) in [4.78, 5) is 16.1. The molecule has 1 aliphatic rings. The zero-order chi connectivity index (χ0) is 19.7. The Morgan fingerprint density at radius 2 is 1.89 bits per heavy atom. The van der Waals surface area contributed by atoms with Gasteiger partial charge in [-0.1, -0.05) is 48.0 Å². The summed E-state index contributed by atoms with van der Waals surface area (Å²) in [6.07, 6.45) is 4.20. The number of fused-ring (bicyclic) bond motifs is 1. The van der Waals surface area contributed by atoms with Crippen LogP contribution in [0.25, 0.3) is 22.4 Å². The van der Waals surface area contributed by atoms with Gasteiger partial charge < -0.3 is 9.88 Å². The van der Waals surface area contributed by atoms with Gasteiger partial charge in [0.2, 0.25) is 5.91 Å². The van der Waals surface area contributed by atoms with Crippen molar-refractivity contribution in [2.24, 2.45) is 5.92 Å². The number of nitrogens with zero attached hydrogens (tertiary/aromatic N) is 2. The van der Waals surface area contributed by atoms with Crippen LogP contribution in [0.15, 0.2) is 48.7 Å². The zero-order valence-electron chi connectivity index (χ0n) is 16.8. The lowest BCUT2D eigenvalue weighted by Crippen LogP contribution is -2.32. The normalized spacial score (nSPS) is 15.9. The van der Waals surface area contributed by atoms with Crippen LogP contribution in [-0.2, 0) is 17.8 Å². The van der Waals surface area contributed by atoms with E-state index in [2.05, 4.69) is 72.4 Å². The number of carbonyl (C=O) groups excluding carboxylic acids is 1. The van der Waals surface area contributed by atoms with Crippen molar-refractivity contribution in [1.29, 1.82) is 0 Å². The van der Waals surface area contributed by atoms with Gasteiger partial charge in [0.05, 0.1) is 5.69 Å². The van der Waals surface area contributed by atoms with E-state index in [0.717, 1.165) is 37.4 Å². The van der Waals surface area contributed by atoms with Crippen molar-refractivity contribution in [2.75, 3.05) is 6.54 Å². The van der Waals surface area contributed by atoms with Gasteiger partial charge in [-0.2, -0.15) is 0 Å². The fourth-order valence-electron chi connectivity index (χ4n) is 3.98. The maximum atomic E-state index is 11.2. The summed E-state index contributed by atoms with van der Waals surface area (Å²) in [6, 6.07) is 15.3. The Balaban J connectivity index is 1.55. The molecule has 1 aliphatic heterocycles. The summed E-state index contributed by atoms with van der Waals surface area (Å²) < 4.78 is 2.26. The number of imidazole rings is 1. The van der Waals surface area contributed by atoms with Gasteiger partial charge in [0.15, 0.2) is 0 Å². The second-order valence-electron chi connectivity index (χ2n) is 7.93. The molecule has 144 valence electrons. The summed E-state index contributed by atoms with van der Waals surface area (Å²) in [5.41, 5.74) is 7.23. The van der Waals surface area contributed by atoms with Gasteiger partial charge >= 0.3 is 0 Å². The minimum atomic E-state index is 0.0430. The molecule has 4 nitrogen and oxygen atoms in total. The number of benzene rings is 2. The van der Waals surface area contributed by atoms with Gasteiger partial charge in [-0.15, -0.1) is 0 Å². The van der Waals surface area contributed by atoms with E-state index in [1.54, 1.807) is 6.92 Å². The monoisotopic (exact) mass is 373 g/mol. The highest BCUT2D eigenvalue weighted by molar-refractivity contribution is 5.73. The fourth-order valence-corrected chi connectivity index (χ4v) is 3.98. The average Bonchev–Trinajstić information content (AvgIpc) is 3.09. The molecule has 1 aromatic heterocycles. The smallest absolute Gasteiger partial charge is 0.216 e. The Labute approximate surface area is 166 Å². The molecule has 4 rings (SSSR count). The second-order valence-corrected chi connectivity index (χ2v) is 7.93. The molecule has 0 saturated carbocycles. The number of aromatic nitrogens is 2. The molecule has 0 spiro atoms. The standard InChI is InChI=1S/C24H27N3O/c1-16-4-7-20(8-5-16)21-9-10-22(17(2)12-21)23-15-27-14-19(13-25-18(3)28)6-11-24(27)26-23/h4-5,7-10,12,15,19H,6,11,13-14H2,1-3H3,(H,25,28). The fraction of sp³-hybridized carbons (Fsp3) is 0.333. The van der Waals surface area contributed by atoms with Gasteiger partial charge in [0.25, 0.3) is 0 Å². The molecule has 0 radical (unpaired) electrons. The van der Waals surface area contributed by atoms with Crippen LogP contribution in [0.1, 0.15) is 30.3 Å². The van der Waals surface area contributed by atoms with Gasteiger partial charge in [-0.25, -0.2) is 4.98 Å². The third-order valence-electron chi connectivity index (χ3n) is 5.62. The van der Waals surface area contributed by atoms with E-state index in [0.29, 0.717) is 5.92 Å². The third kappa shape index (κ3) is 3.86. The molecule has 0 fully saturated rings. The molecule has 28 heavy (non-hydrogen) atoms. The molecule has 1 unspecified atom stereocenters. The largest absolute Gasteiger partial charge is 0.356 e. The predicted octanol–water partition coefficient (Wildman–Crippen LogP) is 4.53. The number of hydrogen-bond donors (Lipinski definition) is 1. The Morgan fingerprint density at radius 1 is 1.14 bits per heavy atom. The number of hydrogen-bond acceptors (Lipinski definition) is 2. The molecule has 0 saturated heterocycles. The summed E-state index contributed by atoms with van der Waals surface area (Å²) in [7, 11) is 0. The zero-order valence-corrected chi connectivity index (χ0v) is 16.8. The van der Waals surface area contributed by atoms with E-state index >= 15 is 0 Å². The van der Waals surface area contributed by atoms with E-state index in [-0.39, 0.29) is 5.91 Å². The van der Waals surface area contributed by atoms with Crippen LogP contribution < -0.4 is 5.32 Å². The van der Waals surface area contributed by atoms with E-state index in [1.807, 2.05) is 0 Å². The topological polar surface area (TPSA) is 46.9 Å². The maximum Gasteiger partial charge on any atom is 0.216 e. The van der Waals surface area contributed by atoms with Gasteiger partial charge in [-0.05, 0) is 42.9 Å². The molecule has 0 aliphatic carbocycles. The van der Waals surface area contributed by atoms with Gasteiger partial charge in [0, 0.05) is 38.2 Å². The summed E-state index contributed by atoms with van der Waals surface area (Å²) >= 11 is 0. The molecule has 4 heteroatoms. The van der Waals surface area contributed by atoms with Crippen molar-refractivity contribution in [3.05, 3.63) is 65.6 Å². The highest BCUT2D eigenvalue weighted by Gasteiger charge is 2.21. The third-order valence-corrected chi connectivity index (χ3v) is 5.62. The lowest BCUT2D eigenvalue weighted by atomic mass is 9.98. The molecule has 1 atom stereocenters. The molecular weight excluding hydrogens is 346 g/mol. The highest BCUT2D eigenvalue weighted by Crippen LogP contribution is 2.30. The van der Waals surface area contributed by atoms with Crippen LogP contribution in [-0.4, -0.2) is 22.0 Å². The number of carbonyl (C=O) groups is 1. The molecule has 1 amide bonds. The number of nitrogens with one attached hydrogen (secondary N) is 1. The van der Waals surface area contributed by atoms with Crippen molar-refractivity contribution in [3.8, 4) is 22.4 Å². The van der Waals surface area contributed by atoms with Gasteiger partial charge in [0.1, 0.15) is 5.82 Å². The summed E-state index contributed by atoms with van der Waals surface area (Å²) in [6.45, 7) is 7.51.